The molecule has 1 atom stereocenters. The van der Waals surface area contributed by atoms with Crippen LogP contribution in [0.1, 0.15) is 41.2 Å². The van der Waals surface area contributed by atoms with Crippen molar-refractivity contribution in [2.24, 2.45) is 0 Å². The Labute approximate surface area is 185 Å². The van der Waals surface area contributed by atoms with Crippen molar-refractivity contribution in [2.45, 2.75) is 46.1 Å². The number of imide groups is 1. The minimum Gasteiger partial charge on any atom is -0.508 e. The lowest BCUT2D eigenvalue weighted by molar-refractivity contribution is -0.124. The molecule has 4 rings (SSSR count). The quantitative estimate of drug-likeness (QED) is 0.666. The Kier molecular flexibility index (Phi) is 5.25. The zero-order valence-electron chi connectivity index (χ0n) is 18.0. The van der Waals surface area contributed by atoms with E-state index < -0.39 is 5.60 Å². The molecule has 2 aliphatic rings. The van der Waals surface area contributed by atoms with Crippen LogP contribution in [-0.4, -0.2) is 38.4 Å². The van der Waals surface area contributed by atoms with Crippen LogP contribution in [0, 0.1) is 20.8 Å². The van der Waals surface area contributed by atoms with E-state index in [2.05, 4.69) is 0 Å². The molecule has 2 aromatic carbocycles. The molecule has 2 N–H and O–H groups in total. The third-order valence-electron chi connectivity index (χ3n) is 6.15. The first-order valence-corrected chi connectivity index (χ1v) is 11.0. The molecule has 31 heavy (non-hydrogen) atoms. The largest absolute Gasteiger partial charge is 0.508 e. The molecule has 162 valence electrons. The highest BCUT2D eigenvalue weighted by molar-refractivity contribution is 8.18. The fraction of sp³-hybridized carbons (Fsp3) is 0.333. The molecule has 2 heterocycles. The lowest BCUT2D eigenvalue weighted by atomic mass is 9.87. The molecule has 2 amide bonds. The van der Waals surface area contributed by atoms with E-state index in [1.54, 1.807) is 18.2 Å². The fourth-order valence-corrected chi connectivity index (χ4v) is 4.94. The molecule has 7 heteroatoms. The number of carbonyl (C=O) groups excluding carboxylic acids is 2. The van der Waals surface area contributed by atoms with Gasteiger partial charge in [0.2, 0.25) is 0 Å². The first-order chi connectivity index (χ1) is 14.6. The van der Waals surface area contributed by atoms with Crippen LogP contribution in [0.15, 0.2) is 29.2 Å². The van der Waals surface area contributed by atoms with E-state index in [9.17, 15) is 19.8 Å². The second kappa shape index (κ2) is 7.64. The summed E-state index contributed by atoms with van der Waals surface area (Å²) in [6, 6.07) is 6.45. The van der Waals surface area contributed by atoms with Gasteiger partial charge in [0.1, 0.15) is 22.8 Å². The van der Waals surface area contributed by atoms with Gasteiger partial charge >= 0.3 is 0 Å². The maximum atomic E-state index is 12.9. The van der Waals surface area contributed by atoms with Gasteiger partial charge in [-0.1, -0.05) is 12.1 Å². The number of phenolic OH excluding ortho intramolecular Hbond substituents is 2. The average molecular weight is 440 g/mol. The number of fused-ring (bicyclic) bond motifs is 1. The first-order valence-electron chi connectivity index (χ1n) is 10.1. The Hall–Kier alpha value is -2.93. The molecule has 0 saturated carbocycles. The van der Waals surface area contributed by atoms with Crippen LogP contribution in [-0.2, 0) is 11.2 Å². The maximum Gasteiger partial charge on any atom is 0.293 e. The highest BCUT2D eigenvalue weighted by Gasteiger charge is 2.43. The summed E-state index contributed by atoms with van der Waals surface area (Å²) >= 11 is 0.911. The summed E-state index contributed by atoms with van der Waals surface area (Å²) in [5.74, 6) is 0.845. The van der Waals surface area contributed by atoms with Crippen LogP contribution < -0.4 is 4.74 Å². The molecule has 1 unspecified atom stereocenters. The van der Waals surface area contributed by atoms with Gasteiger partial charge in [-0.2, -0.15) is 0 Å². The van der Waals surface area contributed by atoms with Gasteiger partial charge in [0.15, 0.2) is 0 Å². The normalized spacial score (nSPS) is 22.1. The van der Waals surface area contributed by atoms with Crippen molar-refractivity contribution in [2.75, 3.05) is 6.54 Å². The molecule has 0 aliphatic carbocycles. The zero-order valence-corrected chi connectivity index (χ0v) is 18.8. The summed E-state index contributed by atoms with van der Waals surface area (Å²) in [5.41, 5.74) is 3.49. The Morgan fingerprint density at radius 1 is 1.10 bits per heavy atom. The zero-order chi connectivity index (χ0) is 22.5. The third-order valence-corrected chi connectivity index (χ3v) is 7.06. The van der Waals surface area contributed by atoms with Crippen LogP contribution in [0.25, 0.3) is 6.08 Å². The Balaban J connectivity index is 1.58. The van der Waals surface area contributed by atoms with Crippen molar-refractivity contribution >= 4 is 29.0 Å². The van der Waals surface area contributed by atoms with Gasteiger partial charge in [0, 0.05) is 5.56 Å². The number of rotatable bonds is 3. The minimum absolute atomic E-state index is 0.141. The number of thioether (sulfide) groups is 1. The van der Waals surface area contributed by atoms with Gasteiger partial charge in [0.25, 0.3) is 11.1 Å². The van der Waals surface area contributed by atoms with Crippen LogP contribution in [0.2, 0.25) is 0 Å². The number of hydrogen-bond donors (Lipinski definition) is 2. The molecule has 2 aliphatic heterocycles. The second-order valence-corrected chi connectivity index (χ2v) is 9.44. The van der Waals surface area contributed by atoms with Gasteiger partial charge in [-0.15, -0.1) is 0 Å². The van der Waals surface area contributed by atoms with E-state index in [0.29, 0.717) is 23.5 Å². The Morgan fingerprint density at radius 3 is 2.45 bits per heavy atom. The van der Waals surface area contributed by atoms with E-state index in [1.165, 1.54) is 17.0 Å². The van der Waals surface area contributed by atoms with Crippen molar-refractivity contribution in [3.05, 3.63) is 57.0 Å². The molecule has 1 fully saturated rings. The predicted octanol–water partition coefficient (Wildman–Crippen LogP) is 4.84. The third kappa shape index (κ3) is 3.78. The number of nitrogens with zero attached hydrogens (tertiary/aromatic N) is 1. The minimum atomic E-state index is -0.715. The fourth-order valence-electron chi connectivity index (χ4n) is 4.10. The number of hydrogen-bond acceptors (Lipinski definition) is 6. The Bertz CT molecular complexity index is 1120. The van der Waals surface area contributed by atoms with Crippen LogP contribution in [0.5, 0.6) is 17.2 Å². The predicted molar refractivity (Wildman–Crippen MR) is 120 cm³/mol. The number of carbonyl (C=O) groups is 2. The highest BCUT2D eigenvalue weighted by Crippen LogP contribution is 2.44. The lowest BCUT2D eigenvalue weighted by Gasteiger charge is -2.39. The topological polar surface area (TPSA) is 87.1 Å². The van der Waals surface area contributed by atoms with Gasteiger partial charge in [-0.05, 0) is 92.8 Å². The first kappa shape index (κ1) is 21.3. The number of ether oxygens (including phenoxy) is 1. The van der Waals surface area contributed by atoms with Gasteiger partial charge < -0.3 is 14.9 Å². The van der Waals surface area contributed by atoms with Crippen molar-refractivity contribution in [3.8, 4) is 17.2 Å². The molecule has 6 nitrogen and oxygen atoms in total. The summed E-state index contributed by atoms with van der Waals surface area (Å²) in [6.07, 6.45) is 2.98. The lowest BCUT2D eigenvalue weighted by Crippen LogP contribution is -2.49. The van der Waals surface area contributed by atoms with E-state index in [0.717, 1.165) is 45.3 Å². The molecule has 2 aromatic rings. The summed E-state index contributed by atoms with van der Waals surface area (Å²) in [5, 5.41) is 19.5. The molecule has 0 bridgehead atoms. The maximum absolute atomic E-state index is 12.9. The Morgan fingerprint density at radius 2 is 1.77 bits per heavy atom. The van der Waals surface area contributed by atoms with E-state index in [-0.39, 0.29) is 23.4 Å². The molecular formula is C24H25NO5S. The second-order valence-electron chi connectivity index (χ2n) is 8.44. The summed E-state index contributed by atoms with van der Waals surface area (Å²) in [4.78, 5) is 27.2. The van der Waals surface area contributed by atoms with Crippen molar-refractivity contribution in [1.82, 2.24) is 4.90 Å². The summed E-state index contributed by atoms with van der Waals surface area (Å²) < 4.78 is 6.38. The molecule has 1 saturated heterocycles. The number of benzene rings is 2. The summed E-state index contributed by atoms with van der Waals surface area (Å²) in [7, 11) is 0. The van der Waals surface area contributed by atoms with Crippen molar-refractivity contribution in [1.29, 1.82) is 0 Å². The summed E-state index contributed by atoms with van der Waals surface area (Å²) in [6.45, 7) is 7.73. The monoisotopic (exact) mass is 439 g/mol. The molecule has 0 spiro atoms. The average Bonchev–Trinajstić information content (AvgIpc) is 2.99. The van der Waals surface area contributed by atoms with Crippen LogP contribution in [0.4, 0.5) is 4.79 Å². The number of amides is 2. The molecular weight excluding hydrogens is 414 g/mol. The van der Waals surface area contributed by atoms with Gasteiger partial charge in [0.05, 0.1) is 11.4 Å². The standard InChI is InChI=1S/C24H25NO5S/c1-13-14(2)21-18(15(3)20(13)27)9-10-24(4,30-21)12-25-22(28)19(31-23(25)29)11-16-5-7-17(26)8-6-16/h5-8,11,26-27H,9-10,12H2,1-4H3/b19-11-. The van der Waals surface area contributed by atoms with Gasteiger partial charge in [-0.3, -0.25) is 14.5 Å². The highest BCUT2D eigenvalue weighted by atomic mass is 32.2. The number of phenols is 2. The smallest absolute Gasteiger partial charge is 0.293 e. The van der Waals surface area contributed by atoms with Gasteiger partial charge in [-0.25, -0.2) is 0 Å². The SMILES string of the molecule is Cc1c(C)c2c(c(C)c1O)CCC(C)(CN1C(=O)S/C(=C\c3ccc(O)cc3)C1=O)O2. The van der Waals surface area contributed by atoms with Crippen molar-refractivity contribution in [3.63, 3.8) is 0 Å². The van der Waals surface area contributed by atoms with Crippen molar-refractivity contribution < 1.29 is 24.5 Å². The molecule has 0 aromatic heterocycles. The number of aromatic hydroxyl groups is 2. The van der Waals surface area contributed by atoms with E-state index in [4.69, 9.17) is 4.74 Å². The molecule has 0 radical (unpaired) electrons. The van der Waals surface area contributed by atoms with Crippen LogP contribution >= 0.6 is 11.8 Å². The van der Waals surface area contributed by atoms with Crippen LogP contribution in [0.3, 0.4) is 0 Å². The van der Waals surface area contributed by atoms with E-state index in [1.807, 2.05) is 27.7 Å². The van der Waals surface area contributed by atoms with E-state index >= 15 is 0 Å².